The van der Waals surface area contributed by atoms with Crippen LogP contribution in [-0.4, -0.2) is 37.3 Å². The van der Waals surface area contributed by atoms with Gasteiger partial charge in [-0.05, 0) is 50.8 Å². The third-order valence-corrected chi connectivity index (χ3v) is 5.43. The largest absolute Gasteiger partial charge is 0.347 e. The lowest BCUT2D eigenvalue weighted by Crippen LogP contribution is -2.36. The summed E-state index contributed by atoms with van der Waals surface area (Å²) in [6, 6.07) is 3.56. The lowest BCUT2D eigenvalue weighted by Gasteiger charge is -2.32. The van der Waals surface area contributed by atoms with E-state index < -0.39 is 0 Å². The van der Waals surface area contributed by atoms with Crippen LogP contribution >= 0.6 is 0 Å². The molecular formula is C19H25N5O2. The Morgan fingerprint density at radius 3 is 2.58 bits per heavy atom. The Hall–Kier alpha value is -2.28. The van der Waals surface area contributed by atoms with Gasteiger partial charge in [0.2, 0.25) is 0 Å². The Morgan fingerprint density at radius 2 is 1.88 bits per heavy atom. The van der Waals surface area contributed by atoms with Crippen LogP contribution in [0.3, 0.4) is 0 Å². The monoisotopic (exact) mass is 355 g/mol. The Morgan fingerprint density at radius 1 is 1.12 bits per heavy atom. The third kappa shape index (κ3) is 3.93. The van der Waals surface area contributed by atoms with Gasteiger partial charge in [0.1, 0.15) is 0 Å². The molecule has 3 heterocycles. The van der Waals surface area contributed by atoms with E-state index in [2.05, 4.69) is 15.0 Å². The van der Waals surface area contributed by atoms with E-state index in [-0.39, 0.29) is 11.2 Å². The Bertz CT molecular complexity index is 891. The van der Waals surface area contributed by atoms with Crippen molar-refractivity contribution < 1.29 is 0 Å². The molecule has 1 aliphatic carbocycles. The van der Waals surface area contributed by atoms with Crippen molar-refractivity contribution in [2.45, 2.75) is 44.7 Å². The average molecular weight is 355 g/mol. The summed E-state index contributed by atoms with van der Waals surface area (Å²) in [5, 5.41) is 4.58. The van der Waals surface area contributed by atoms with E-state index in [9.17, 15) is 9.59 Å². The molecule has 0 radical (unpaired) electrons. The molecule has 7 nitrogen and oxygen atoms in total. The van der Waals surface area contributed by atoms with Gasteiger partial charge in [0.25, 0.3) is 5.56 Å². The minimum Gasteiger partial charge on any atom is -0.302 e. The number of aryl methyl sites for hydroxylation is 1. The molecule has 2 aromatic heterocycles. The third-order valence-electron chi connectivity index (χ3n) is 5.43. The van der Waals surface area contributed by atoms with Crippen LogP contribution in [0.25, 0.3) is 0 Å². The first-order chi connectivity index (χ1) is 12.6. The Balaban J connectivity index is 1.33. The molecule has 4 rings (SSSR count). The van der Waals surface area contributed by atoms with Crippen molar-refractivity contribution in [2.24, 2.45) is 13.0 Å². The highest BCUT2D eigenvalue weighted by Crippen LogP contribution is 2.38. The standard InChI is InChI=1S/C19H25N5O2/c1-22-11-15(10-20-19(22)26)12-23-8-6-14(7-9-23)13-24-18(25)5-4-17(21-24)16-2-3-16/h4-5,10-11,14,16H,2-3,6-9,12-13H2,1H3. The predicted molar refractivity (Wildman–Crippen MR) is 98.0 cm³/mol. The molecule has 7 heteroatoms. The van der Waals surface area contributed by atoms with Crippen molar-refractivity contribution in [3.63, 3.8) is 0 Å². The predicted octanol–water partition coefficient (Wildman–Crippen LogP) is 1.13. The van der Waals surface area contributed by atoms with Crippen molar-refractivity contribution in [1.29, 1.82) is 0 Å². The highest BCUT2D eigenvalue weighted by molar-refractivity contribution is 5.12. The first kappa shape index (κ1) is 17.1. The van der Waals surface area contributed by atoms with Crippen molar-refractivity contribution in [3.05, 3.63) is 56.6 Å². The summed E-state index contributed by atoms with van der Waals surface area (Å²) < 4.78 is 3.19. The molecule has 1 saturated carbocycles. The van der Waals surface area contributed by atoms with E-state index >= 15 is 0 Å². The van der Waals surface area contributed by atoms with Crippen LogP contribution in [0.2, 0.25) is 0 Å². The van der Waals surface area contributed by atoms with Crippen molar-refractivity contribution in [3.8, 4) is 0 Å². The molecule has 0 spiro atoms. The molecule has 138 valence electrons. The molecule has 0 atom stereocenters. The molecule has 26 heavy (non-hydrogen) atoms. The molecule has 2 aromatic rings. The molecule has 2 fully saturated rings. The number of piperidine rings is 1. The van der Waals surface area contributed by atoms with Crippen LogP contribution in [0.4, 0.5) is 0 Å². The van der Waals surface area contributed by atoms with Gasteiger partial charge in [0.15, 0.2) is 0 Å². The maximum atomic E-state index is 12.1. The quantitative estimate of drug-likeness (QED) is 0.804. The number of aromatic nitrogens is 4. The minimum absolute atomic E-state index is 0.00751. The van der Waals surface area contributed by atoms with Gasteiger partial charge in [-0.1, -0.05) is 0 Å². The van der Waals surface area contributed by atoms with Crippen LogP contribution in [0.1, 0.15) is 42.9 Å². The van der Waals surface area contributed by atoms with E-state index in [1.165, 1.54) is 17.4 Å². The van der Waals surface area contributed by atoms with Crippen LogP contribution in [0.15, 0.2) is 34.1 Å². The van der Waals surface area contributed by atoms with Gasteiger partial charge in [0, 0.05) is 50.1 Å². The zero-order chi connectivity index (χ0) is 18.1. The van der Waals surface area contributed by atoms with Crippen molar-refractivity contribution >= 4 is 0 Å². The van der Waals surface area contributed by atoms with Crippen LogP contribution in [0, 0.1) is 5.92 Å². The summed E-state index contributed by atoms with van der Waals surface area (Å²) in [5.41, 5.74) is 1.91. The summed E-state index contributed by atoms with van der Waals surface area (Å²) >= 11 is 0. The number of nitrogens with zero attached hydrogens (tertiary/aromatic N) is 5. The molecule has 0 unspecified atom stereocenters. The molecule has 0 aromatic carbocycles. The summed E-state index contributed by atoms with van der Waals surface area (Å²) in [5.74, 6) is 1.06. The topological polar surface area (TPSA) is 73.0 Å². The fraction of sp³-hybridized carbons (Fsp3) is 0.579. The molecule has 0 bridgehead atoms. The summed E-state index contributed by atoms with van der Waals surface area (Å²) in [4.78, 5) is 29.8. The Kier molecular flexibility index (Phi) is 4.72. The van der Waals surface area contributed by atoms with Crippen molar-refractivity contribution in [1.82, 2.24) is 24.2 Å². The number of rotatable bonds is 5. The minimum atomic E-state index is -0.223. The number of hydrogen-bond donors (Lipinski definition) is 0. The summed E-state index contributed by atoms with van der Waals surface area (Å²) in [6.07, 6.45) is 8.03. The van der Waals surface area contributed by atoms with Crippen LogP contribution < -0.4 is 11.2 Å². The number of likely N-dealkylation sites (tertiary alicyclic amines) is 1. The molecule has 1 aliphatic heterocycles. The zero-order valence-electron chi connectivity index (χ0n) is 15.2. The van der Waals surface area contributed by atoms with Crippen LogP contribution in [-0.2, 0) is 20.1 Å². The fourth-order valence-electron chi connectivity index (χ4n) is 3.67. The van der Waals surface area contributed by atoms with Gasteiger partial charge in [-0.2, -0.15) is 5.10 Å². The van der Waals surface area contributed by atoms with E-state index in [0.29, 0.717) is 18.4 Å². The van der Waals surface area contributed by atoms with Gasteiger partial charge in [0.05, 0.1) is 5.69 Å². The Labute approximate surface area is 152 Å². The van der Waals surface area contributed by atoms with Gasteiger partial charge in [-0.25, -0.2) is 14.5 Å². The first-order valence-electron chi connectivity index (χ1n) is 9.40. The second-order valence-electron chi connectivity index (χ2n) is 7.63. The maximum absolute atomic E-state index is 12.1. The second-order valence-corrected chi connectivity index (χ2v) is 7.63. The lowest BCUT2D eigenvalue weighted by atomic mass is 9.96. The molecule has 0 amide bonds. The summed E-state index contributed by atoms with van der Waals surface area (Å²) in [7, 11) is 1.73. The highest BCUT2D eigenvalue weighted by Gasteiger charge is 2.26. The van der Waals surface area contributed by atoms with Gasteiger partial charge in [-0.15, -0.1) is 0 Å². The van der Waals surface area contributed by atoms with Crippen LogP contribution in [0.5, 0.6) is 0 Å². The molecule has 0 N–H and O–H groups in total. The van der Waals surface area contributed by atoms with Gasteiger partial charge < -0.3 is 4.57 Å². The smallest absolute Gasteiger partial charge is 0.302 e. The molecule has 2 aliphatic rings. The van der Waals surface area contributed by atoms with Gasteiger partial charge >= 0.3 is 5.69 Å². The van der Waals surface area contributed by atoms with E-state index in [4.69, 9.17) is 0 Å². The maximum Gasteiger partial charge on any atom is 0.347 e. The highest BCUT2D eigenvalue weighted by atomic mass is 16.1. The first-order valence-corrected chi connectivity index (χ1v) is 9.40. The van der Waals surface area contributed by atoms with E-state index in [1.54, 1.807) is 24.0 Å². The summed E-state index contributed by atoms with van der Waals surface area (Å²) in [6.45, 7) is 3.51. The number of hydrogen-bond acceptors (Lipinski definition) is 5. The van der Waals surface area contributed by atoms with Crippen molar-refractivity contribution in [2.75, 3.05) is 13.1 Å². The second kappa shape index (κ2) is 7.15. The normalized spacial score (nSPS) is 19.0. The SMILES string of the molecule is Cn1cc(CN2CCC(Cn3nc(C4CC4)ccc3=O)CC2)cnc1=O. The van der Waals surface area contributed by atoms with Gasteiger partial charge in [-0.3, -0.25) is 9.69 Å². The van der Waals surface area contributed by atoms with E-state index in [1.807, 2.05) is 12.3 Å². The lowest BCUT2D eigenvalue weighted by molar-refractivity contribution is 0.163. The average Bonchev–Trinajstić information content (AvgIpc) is 3.47. The zero-order valence-corrected chi connectivity index (χ0v) is 15.2. The van der Waals surface area contributed by atoms with E-state index in [0.717, 1.165) is 43.7 Å². The molecule has 1 saturated heterocycles. The molecular weight excluding hydrogens is 330 g/mol. The fourth-order valence-corrected chi connectivity index (χ4v) is 3.67.